The average molecular weight is 244 g/mol. The zero-order valence-corrected chi connectivity index (χ0v) is 10.0. The van der Waals surface area contributed by atoms with E-state index in [0.717, 1.165) is 17.6 Å². The molecule has 6 nitrogen and oxygen atoms in total. The number of aryl methyl sites for hydroxylation is 2. The maximum atomic E-state index is 10.5. The van der Waals surface area contributed by atoms with E-state index in [0.29, 0.717) is 11.4 Å². The van der Waals surface area contributed by atoms with E-state index in [4.69, 9.17) is 5.11 Å². The molecule has 0 aliphatic carbocycles. The van der Waals surface area contributed by atoms with Gasteiger partial charge in [-0.05, 0) is 31.6 Å². The predicted octanol–water partition coefficient (Wildman–Crippen LogP) is 1.38. The lowest BCUT2D eigenvalue weighted by atomic mass is 10.2. The number of rotatable bonds is 3. The Morgan fingerprint density at radius 2 is 2.17 bits per heavy atom. The van der Waals surface area contributed by atoms with Crippen molar-refractivity contribution < 1.29 is 9.90 Å². The minimum absolute atomic E-state index is 0.680. The molecule has 0 aliphatic heterocycles. The van der Waals surface area contributed by atoms with E-state index in [1.807, 2.05) is 13.8 Å². The molecule has 0 fully saturated rings. The van der Waals surface area contributed by atoms with Gasteiger partial charge in [0.15, 0.2) is 0 Å². The number of aromatic nitrogens is 4. The molecule has 0 saturated carbocycles. The van der Waals surface area contributed by atoms with Crippen LogP contribution >= 0.6 is 0 Å². The van der Waals surface area contributed by atoms with Gasteiger partial charge < -0.3 is 5.11 Å². The smallest absolute Gasteiger partial charge is 0.328 e. The van der Waals surface area contributed by atoms with E-state index in [2.05, 4.69) is 15.1 Å². The van der Waals surface area contributed by atoms with Gasteiger partial charge in [0.1, 0.15) is 11.6 Å². The molecule has 2 heterocycles. The summed E-state index contributed by atoms with van der Waals surface area (Å²) in [6.45, 7) is 3.66. The normalized spacial score (nSPS) is 11.0. The monoisotopic (exact) mass is 244 g/mol. The second kappa shape index (κ2) is 4.79. The molecule has 0 aliphatic rings. The first-order valence-corrected chi connectivity index (χ1v) is 5.33. The highest BCUT2D eigenvalue weighted by Gasteiger charge is 2.05. The van der Waals surface area contributed by atoms with Gasteiger partial charge in [0.25, 0.3) is 0 Å². The van der Waals surface area contributed by atoms with Crippen molar-refractivity contribution in [1.29, 1.82) is 0 Å². The molecule has 0 unspecified atom stereocenters. The number of aliphatic carboxylic acids is 1. The van der Waals surface area contributed by atoms with Gasteiger partial charge in [0.2, 0.25) is 0 Å². The van der Waals surface area contributed by atoms with Gasteiger partial charge in [0.05, 0.1) is 11.9 Å². The molecule has 0 saturated heterocycles. The third-order valence-electron chi connectivity index (χ3n) is 2.28. The van der Waals surface area contributed by atoms with Crippen molar-refractivity contribution in [3.05, 3.63) is 41.7 Å². The zero-order chi connectivity index (χ0) is 13.1. The van der Waals surface area contributed by atoms with Crippen LogP contribution in [0.1, 0.15) is 17.2 Å². The largest absolute Gasteiger partial charge is 0.478 e. The summed E-state index contributed by atoms with van der Waals surface area (Å²) in [5.74, 6) is 0.445. The first kappa shape index (κ1) is 12.0. The van der Waals surface area contributed by atoms with Crippen LogP contribution in [0.15, 0.2) is 24.5 Å². The molecule has 1 N–H and O–H groups in total. The maximum Gasteiger partial charge on any atom is 0.328 e. The van der Waals surface area contributed by atoms with Crippen molar-refractivity contribution in [3.63, 3.8) is 0 Å². The second-order valence-electron chi connectivity index (χ2n) is 3.77. The molecule has 6 heteroatoms. The highest BCUT2D eigenvalue weighted by atomic mass is 16.4. The summed E-state index contributed by atoms with van der Waals surface area (Å²) in [4.78, 5) is 18.7. The molecule has 0 atom stereocenters. The van der Waals surface area contributed by atoms with Crippen molar-refractivity contribution in [1.82, 2.24) is 19.7 Å². The average Bonchev–Trinajstić information content (AvgIpc) is 2.66. The Hall–Kier alpha value is -2.50. The Morgan fingerprint density at radius 1 is 1.39 bits per heavy atom. The molecule has 18 heavy (non-hydrogen) atoms. The van der Waals surface area contributed by atoms with Gasteiger partial charge in [-0.3, -0.25) is 4.98 Å². The van der Waals surface area contributed by atoms with Crippen molar-refractivity contribution in [2.24, 2.45) is 0 Å². The Kier molecular flexibility index (Phi) is 3.18. The van der Waals surface area contributed by atoms with Gasteiger partial charge in [-0.25, -0.2) is 14.5 Å². The second-order valence-corrected chi connectivity index (χ2v) is 3.77. The highest BCUT2D eigenvalue weighted by molar-refractivity contribution is 5.85. The van der Waals surface area contributed by atoms with Crippen LogP contribution in [-0.2, 0) is 4.79 Å². The molecule has 2 aromatic rings. The molecule has 0 amide bonds. The summed E-state index contributed by atoms with van der Waals surface area (Å²) in [6, 6.07) is 1.80. The Morgan fingerprint density at radius 3 is 2.78 bits per heavy atom. The number of carboxylic acid groups (broad SMARTS) is 1. The van der Waals surface area contributed by atoms with Crippen LogP contribution in [0.2, 0.25) is 0 Å². The lowest BCUT2D eigenvalue weighted by molar-refractivity contribution is -0.131. The van der Waals surface area contributed by atoms with Gasteiger partial charge >= 0.3 is 5.97 Å². The number of carbonyl (C=O) groups is 1. The van der Waals surface area contributed by atoms with E-state index in [1.54, 1.807) is 23.1 Å². The molecular weight excluding hydrogens is 232 g/mol. The molecule has 2 aromatic heterocycles. The summed E-state index contributed by atoms with van der Waals surface area (Å²) in [7, 11) is 0. The molecule has 92 valence electrons. The number of nitrogens with zero attached hydrogens (tertiary/aromatic N) is 4. The molecule has 0 aromatic carbocycles. The van der Waals surface area contributed by atoms with Crippen molar-refractivity contribution in [2.75, 3.05) is 0 Å². The first-order valence-electron chi connectivity index (χ1n) is 5.33. The highest BCUT2D eigenvalue weighted by Crippen LogP contribution is 2.11. The summed E-state index contributed by atoms with van der Waals surface area (Å²) < 4.78 is 1.67. The molecule has 0 bridgehead atoms. The molecular formula is C12H12N4O2. The van der Waals surface area contributed by atoms with Gasteiger partial charge in [-0.2, -0.15) is 5.10 Å². The topological polar surface area (TPSA) is 80.9 Å². The fourth-order valence-corrected chi connectivity index (χ4v) is 1.59. The molecule has 0 radical (unpaired) electrons. The minimum atomic E-state index is -0.992. The summed E-state index contributed by atoms with van der Waals surface area (Å²) in [5, 5.41) is 12.8. The number of hydrogen-bond acceptors (Lipinski definition) is 4. The van der Waals surface area contributed by atoms with Crippen LogP contribution in [0.5, 0.6) is 0 Å². The van der Waals surface area contributed by atoms with E-state index in [9.17, 15) is 4.79 Å². The van der Waals surface area contributed by atoms with Crippen molar-refractivity contribution >= 4 is 12.0 Å². The van der Waals surface area contributed by atoms with Crippen molar-refractivity contribution in [2.45, 2.75) is 13.8 Å². The zero-order valence-electron chi connectivity index (χ0n) is 10.0. The van der Waals surface area contributed by atoms with Crippen LogP contribution in [0, 0.1) is 13.8 Å². The Balaban J connectivity index is 2.38. The number of hydrogen-bond donors (Lipinski definition) is 1. The lowest BCUT2D eigenvalue weighted by Gasteiger charge is -2.02. The van der Waals surface area contributed by atoms with E-state index < -0.39 is 5.97 Å². The summed E-state index contributed by atoms with van der Waals surface area (Å²) in [5.41, 5.74) is 1.45. The van der Waals surface area contributed by atoms with Gasteiger partial charge in [0, 0.05) is 12.3 Å². The molecule has 2 rings (SSSR count). The number of carboxylic acids is 1. The van der Waals surface area contributed by atoms with Crippen LogP contribution in [-0.4, -0.2) is 30.8 Å². The van der Waals surface area contributed by atoms with Crippen LogP contribution in [0.25, 0.3) is 11.8 Å². The third kappa shape index (κ3) is 2.60. The Labute approximate surface area is 104 Å². The van der Waals surface area contributed by atoms with Gasteiger partial charge in [-0.1, -0.05) is 0 Å². The Bertz CT molecular complexity index is 616. The van der Waals surface area contributed by atoms with Crippen LogP contribution < -0.4 is 0 Å². The van der Waals surface area contributed by atoms with E-state index in [-0.39, 0.29) is 0 Å². The first-order chi connectivity index (χ1) is 8.56. The fourth-order valence-electron chi connectivity index (χ4n) is 1.59. The predicted molar refractivity (Wildman–Crippen MR) is 65.3 cm³/mol. The van der Waals surface area contributed by atoms with E-state index in [1.165, 1.54) is 6.08 Å². The standard InChI is InChI=1S/C12H12N4O2/c1-8-14-9(2)16(15-8)11-5-10(6-13-7-11)3-4-12(17)18/h3-7H,1-2H3,(H,17,18)/b4-3+. The van der Waals surface area contributed by atoms with Crippen molar-refractivity contribution in [3.8, 4) is 5.69 Å². The van der Waals surface area contributed by atoms with E-state index >= 15 is 0 Å². The minimum Gasteiger partial charge on any atom is -0.478 e. The lowest BCUT2D eigenvalue weighted by Crippen LogP contribution is -2.00. The van der Waals surface area contributed by atoms with Crippen LogP contribution in [0.4, 0.5) is 0 Å². The van der Waals surface area contributed by atoms with Gasteiger partial charge in [-0.15, -0.1) is 0 Å². The number of pyridine rings is 1. The maximum absolute atomic E-state index is 10.5. The molecule has 0 spiro atoms. The third-order valence-corrected chi connectivity index (χ3v) is 2.28. The summed E-state index contributed by atoms with van der Waals surface area (Å²) in [6.07, 6.45) is 5.79. The SMILES string of the molecule is Cc1nc(C)n(-c2cncc(/C=C/C(=O)O)c2)n1. The summed E-state index contributed by atoms with van der Waals surface area (Å²) >= 11 is 0. The quantitative estimate of drug-likeness (QED) is 0.825. The fraction of sp³-hybridized carbons (Fsp3) is 0.167. The van der Waals surface area contributed by atoms with Crippen LogP contribution in [0.3, 0.4) is 0 Å².